The Hall–Kier alpha value is -1.36. The average Bonchev–Trinajstić information content (AvgIpc) is 3.09. The van der Waals surface area contributed by atoms with Gasteiger partial charge in [0.2, 0.25) is 0 Å². The third-order valence-electron chi connectivity index (χ3n) is 3.38. The molecule has 0 radical (unpaired) electrons. The summed E-state index contributed by atoms with van der Waals surface area (Å²) in [5.41, 5.74) is 7.80. The van der Waals surface area contributed by atoms with Gasteiger partial charge >= 0.3 is 0 Å². The van der Waals surface area contributed by atoms with E-state index in [1.54, 1.807) is 0 Å². The topological polar surface area (TPSA) is 70.9 Å². The number of hydrogen-bond donors (Lipinski definition) is 2. The molecule has 1 saturated carbocycles. The second kappa shape index (κ2) is 5.52. The Labute approximate surface area is 108 Å². The van der Waals surface area contributed by atoms with E-state index in [0.717, 1.165) is 25.3 Å². The fourth-order valence-electron chi connectivity index (χ4n) is 2.30. The molecule has 0 aliphatic heterocycles. The first-order valence-electron chi connectivity index (χ1n) is 6.70. The third kappa shape index (κ3) is 3.32. The van der Waals surface area contributed by atoms with Crippen LogP contribution in [-0.4, -0.2) is 33.1 Å². The molecule has 5 nitrogen and oxygen atoms in total. The third-order valence-corrected chi connectivity index (χ3v) is 3.38. The number of nitrogens with zero attached hydrogens (tertiary/aromatic N) is 3. The molecule has 0 spiro atoms. The maximum absolute atomic E-state index is 7.34. The van der Waals surface area contributed by atoms with E-state index in [1.807, 2.05) is 6.92 Å². The Kier molecular flexibility index (Phi) is 4.01. The van der Waals surface area contributed by atoms with Crippen molar-refractivity contribution in [2.75, 3.05) is 6.54 Å². The van der Waals surface area contributed by atoms with Crippen molar-refractivity contribution in [3.05, 3.63) is 17.5 Å². The highest BCUT2D eigenvalue weighted by Gasteiger charge is 2.29. The molecule has 0 unspecified atom stereocenters. The van der Waals surface area contributed by atoms with Crippen molar-refractivity contribution in [3.63, 3.8) is 0 Å². The largest absolute Gasteiger partial charge is 0.388 e. The molecule has 0 bridgehead atoms. The molecule has 1 fully saturated rings. The van der Waals surface area contributed by atoms with Gasteiger partial charge < -0.3 is 5.73 Å². The lowest BCUT2D eigenvalue weighted by Crippen LogP contribution is -2.30. The summed E-state index contributed by atoms with van der Waals surface area (Å²) in [5, 5.41) is 11.8. The van der Waals surface area contributed by atoms with E-state index >= 15 is 0 Å². The fraction of sp³-hybridized carbons (Fsp3) is 0.692. The molecular formula is C13H23N5. The Morgan fingerprint density at radius 2 is 2.33 bits per heavy atom. The molecule has 100 valence electrons. The second-order valence-corrected chi connectivity index (χ2v) is 5.07. The molecular weight excluding hydrogens is 226 g/mol. The summed E-state index contributed by atoms with van der Waals surface area (Å²) in [5.74, 6) is 0.279. The highest BCUT2D eigenvalue weighted by molar-refractivity contribution is 5.76. The molecule has 0 aromatic carbocycles. The van der Waals surface area contributed by atoms with Gasteiger partial charge in [-0.1, -0.05) is 0 Å². The zero-order valence-electron chi connectivity index (χ0n) is 11.3. The van der Waals surface area contributed by atoms with Gasteiger partial charge in [-0.25, -0.2) is 0 Å². The highest BCUT2D eigenvalue weighted by Crippen LogP contribution is 2.28. The average molecular weight is 249 g/mol. The summed E-state index contributed by atoms with van der Waals surface area (Å²) in [6.45, 7) is 6.87. The first kappa shape index (κ1) is 13.1. The monoisotopic (exact) mass is 249 g/mol. The van der Waals surface area contributed by atoms with Crippen LogP contribution in [0.3, 0.4) is 0 Å². The number of amidine groups is 1. The standard InChI is InChI=1S/C13H23N5/c1-3-18-12(8-10(2)16-18)9-17(11-4-5-11)7-6-13(14)15/h8,11H,3-7,9H2,1-2H3,(H3,14,15). The van der Waals surface area contributed by atoms with Gasteiger partial charge in [-0.3, -0.25) is 15.0 Å². The quantitative estimate of drug-likeness (QED) is 0.568. The van der Waals surface area contributed by atoms with E-state index in [0.29, 0.717) is 12.5 Å². The smallest absolute Gasteiger partial charge is 0.0918 e. The molecule has 0 saturated heterocycles. The summed E-state index contributed by atoms with van der Waals surface area (Å²) < 4.78 is 2.07. The zero-order valence-corrected chi connectivity index (χ0v) is 11.3. The Bertz CT molecular complexity index is 419. The fourth-order valence-corrected chi connectivity index (χ4v) is 2.30. The van der Waals surface area contributed by atoms with Gasteiger partial charge in [-0.05, 0) is 32.8 Å². The van der Waals surface area contributed by atoms with Gasteiger partial charge in [-0.2, -0.15) is 5.10 Å². The zero-order chi connectivity index (χ0) is 13.1. The first-order chi connectivity index (χ1) is 8.60. The van der Waals surface area contributed by atoms with Gasteiger partial charge in [0, 0.05) is 32.1 Å². The number of aryl methyl sites for hydroxylation is 2. The summed E-state index contributed by atoms with van der Waals surface area (Å²) in [6.07, 6.45) is 3.21. The van der Waals surface area contributed by atoms with Crippen LogP contribution < -0.4 is 5.73 Å². The van der Waals surface area contributed by atoms with Crippen LogP contribution in [0.2, 0.25) is 0 Å². The predicted octanol–water partition coefficient (Wildman–Crippen LogP) is 1.50. The molecule has 0 amide bonds. The van der Waals surface area contributed by atoms with Crippen LogP contribution in [0.25, 0.3) is 0 Å². The molecule has 1 aliphatic carbocycles. The van der Waals surface area contributed by atoms with Crippen molar-refractivity contribution in [1.82, 2.24) is 14.7 Å². The minimum absolute atomic E-state index is 0.279. The lowest BCUT2D eigenvalue weighted by atomic mass is 10.3. The van der Waals surface area contributed by atoms with Crippen molar-refractivity contribution < 1.29 is 0 Å². The molecule has 1 aromatic heterocycles. The molecule has 3 N–H and O–H groups in total. The van der Waals surface area contributed by atoms with Crippen LogP contribution in [0.1, 0.15) is 37.6 Å². The summed E-state index contributed by atoms with van der Waals surface area (Å²) >= 11 is 0. The Morgan fingerprint density at radius 3 is 2.89 bits per heavy atom. The van der Waals surface area contributed by atoms with E-state index in [2.05, 4.69) is 27.7 Å². The number of nitrogens with one attached hydrogen (secondary N) is 1. The molecule has 5 heteroatoms. The van der Waals surface area contributed by atoms with Crippen LogP contribution in [0, 0.1) is 12.3 Å². The molecule has 0 atom stereocenters. The highest BCUT2D eigenvalue weighted by atomic mass is 15.3. The molecule has 1 aromatic rings. The number of aromatic nitrogens is 2. The van der Waals surface area contributed by atoms with E-state index in [1.165, 1.54) is 18.5 Å². The lowest BCUT2D eigenvalue weighted by Gasteiger charge is -2.21. The summed E-state index contributed by atoms with van der Waals surface area (Å²) in [6, 6.07) is 2.84. The van der Waals surface area contributed by atoms with Gasteiger partial charge in [0.25, 0.3) is 0 Å². The normalized spacial score (nSPS) is 15.3. The van der Waals surface area contributed by atoms with Crippen LogP contribution in [0.15, 0.2) is 6.07 Å². The number of hydrogen-bond acceptors (Lipinski definition) is 3. The van der Waals surface area contributed by atoms with Gasteiger partial charge in [0.1, 0.15) is 0 Å². The predicted molar refractivity (Wildman–Crippen MR) is 72.6 cm³/mol. The van der Waals surface area contributed by atoms with Crippen molar-refractivity contribution >= 4 is 5.84 Å². The van der Waals surface area contributed by atoms with Crippen LogP contribution in [0.5, 0.6) is 0 Å². The molecule has 2 rings (SSSR count). The van der Waals surface area contributed by atoms with Gasteiger partial charge in [-0.15, -0.1) is 0 Å². The Morgan fingerprint density at radius 1 is 1.61 bits per heavy atom. The van der Waals surface area contributed by atoms with Gasteiger partial charge in [0.05, 0.1) is 17.2 Å². The lowest BCUT2D eigenvalue weighted by molar-refractivity contribution is 0.254. The summed E-state index contributed by atoms with van der Waals surface area (Å²) in [7, 11) is 0. The van der Waals surface area contributed by atoms with Crippen molar-refractivity contribution in [1.29, 1.82) is 5.41 Å². The second-order valence-electron chi connectivity index (χ2n) is 5.07. The maximum Gasteiger partial charge on any atom is 0.0918 e. The van der Waals surface area contributed by atoms with Crippen molar-refractivity contribution in [3.8, 4) is 0 Å². The van der Waals surface area contributed by atoms with Crippen molar-refractivity contribution in [2.24, 2.45) is 5.73 Å². The van der Waals surface area contributed by atoms with E-state index < -0.39 is 0 Å². The minimum atomic E-state index is 0.279. The Balaban J connectivity index is 2.01. The maximum atomic E-state index is 7.34. The van der Waals surface area contributed by atoms with Gasteiger partial charge in [0.15, 0.2) is 0 Å². The molecule has 18 heavy (non-hydrogen) atoms. The van der Waals surface area contributed by atoms with Crippen LogP contribution in [-0.2, 0) is 13.1 Å². The van der Waals surface area contributed by atoms with Crippen LogP contribution >= 0.6 is 0 Å². The first-order valence-corrected chi connectivity index (χ1v) is 6.70. The molecule has 1 heterocycles. The summed E-state index contributed by atoms with van der Waals surface area (Å²) in [4.78, 5) is 2.43. The minimum Gasteiger partial charge on any atom is -0.388 e. The number of rotatable bonds is 7. The van der Waals surface area contributed by atoms with Crippen LogP contribution in [0.4, 0.5) is 0 Å². The van der Waals surface area contributed by atoms with E-state index in [9.17, 15) is 0 Å². The SMILES string of the molecule is CCn1nc(C)cc1CN(CCC(=N)N)C1CC1. The van der Waals surface area contributed by atoms with E-state index in [-0.39, 0.29) is 5.84 Å². The van der Waals surface area contributed by atoms with Crippen molar-refractivity contribution in [2.45, 2.75) is 52.2 Å². The number of nitrogens with two attached hydrogens (primary N) is 1. The molecule has 1 aliphatic rings. The van der Waals surface area contributed by atoms with E-state index in [4.69, 9.17) is 11.1 Å².